The fraction of sp³-hybridized carbons (Fsp3) is 0.500. The van der Waals surface area contributed by atoms with Gasteiger partial charge in [0.15, 0.2) is 5.82 Å². The molecular formula is C20H27FN2. The van der Waals surface area contributed by atoms with E-state index in [1.807, 2.05) is 19.1 Å². The number of benzene rings is 1. The van der Waals surface area contributed by atoms with Crippen molar-refractivity contribution in [1.29, 1.82) is 0 Å². The molecule has 3 heteroatoms. The highest BCUT2D eigenvalue weighted by atomic mass is 19.1. The van der Waals surface area contributed by atoms with Gasteiger partial charge in [-0.15, -0.1) is 0 Å². The summed E-state index contributed by atoms with van der Waals surface area (Å²) < 4.78 is 13.9. The smallest absolute Gasteiger partial charge is 0.219 e. The van der Waals surface area contributed by atoms with E-state index in [0.29, 0.717) is 17.8 Å². The van der Waals surface area contributed by atoms with Gasteiger partial charge in [-0.25, -0.2) is 4.98 Å². The molecule has 23 heavy (non-hydrogen) atoms. The van der Waals surface area contributed by atoms with Crippen LogP contribution >= 0.6 is 0 Å². The maximum Gasteiger partial charge on any atom is 0.219 e. The molecule has 0 aliphatic heterocycles. The average molecular weight is 314 g/mol. The number of aromatic nitrogens is 2. The Morgan fingerprint density at radius 2 is 1.61 bits per heavy atom. The van der Waals surface area contributed by atoms with Crippen LogP contribution in [0.3, 0.4) is 0 Å². The van der Waals surface area contributed by atoms with Gasteiger partial charge in [0.25, 0.3) is 0 Å². The second-order valence-electron chi connectivity index (χ2n) is 6.12. The summed E-state index contributed by atoms with van der Waals surface area (Å²) in [5.74, 6) is 0.0775. The van der Waals surface area contributed by atoms with Crippen LogP contribution < -0.4 is 0 Å². The lowest BCUT2D eigenvalue weighted by Gasteiger charge is -2.06. The SMILES string of the molecule is CCCCCCCc1ccc(-c2ncc(CCC)c(F)n2)cc1. The lowest BCUT2D eigenvalue weighted by Crippen LogP contribution is -1.99. The molecule has 2 rings (SSSR count). The van der Waals surface area contributed by atoms with E-state index in [4.69, 9.17) is 0 Å². The molecule has 0 amide bonds. The van der Waals surface area contributed by atoms with Gasteiger partial charge in [0, 0.05) is 17.3 Å². The topological polar surface area (TPSA) is 25.8 Å². The van der Waals surface area contributed by atoms with Crippen molar-refractivity contribution in [3.63, 3.8) is 0 Å². The number of rotatable bonds is 9. The Morgan fingerprint density at radius 3 is 2.26 bits per heavy atom. The zero-order valence-electron chi connectivity index (χ0n) is 14.3. The minimum atomic E-state index is -0.392. The molecule has 0 fully saturated rings. The third-order valence-electron chi connectivity index (χ3n) is 4.11. The fourth-order valence-corrected chi connectivity index (χ4v) is 2.72. The zero-order chi connectivity index (χ0) is 16.5. The van der Waals surface area contributed by atoms with Crippen LogP contribution in [0.25, 0.3) is 11.4 Å². The Bertz CT molecular complexity index is 593. The molecule has 0 aliphatic rings. The highest BCUT2D eigenvalue weighted by Crippen LogP contribution is 2.18. The first-order chi connectivity index (χ1) is 11.2. The number of nitrogens with zero attached hydrogens (tertiary/aromatic N) is 2. The molecule has 0 saturated heterocycles. The van der Waals surface area contributed by atoms with Crippen LogP contribution in [-0.2, 0) is 12.8 Å². The van der Waals surface area contributed by atoms with Crippen LogP contribution in [-0.4, -0.2) is 9.97 Å². The van der Waals surface area contributed by atoms with Crippen LogP contribution in [0.2, 0.25) is 0 Å². The molecule has 0 saturated carbocycles. The zero-order valence-corrected chi connectivity index (χ0v) is 14.3. The lowest BCUT2D eigenvalue weighted by molar-refractivity contribution is 0.561. The average Bonchev–Trinajstić information content (AvgIpc) is 2.57. The summed E-state index contributed by atoms with van der Waals surface area (Å²) in [6.07, 6.45) is 10.8. The molecule has 1 aromatic carbocycles. The maximum absolute atomic E-state index is 13.9. The molecular weight excluding hydrogens is 287 g/mol. The third kappa shape index (κ3) is 5.42. The Balaban J connectivity index is 1.95. The molecule has 124 valence electrons. The number of unbranched alkanes of at least 4 members (excludes halogenated alkanes) is 4. The van der Waals surface area contributed by atoms with Gasteiger partial charge in [-0.1, -0.05) is 70.2 Å². The Labute approximate surface area is 139 Å². The summed E-state index contributed by atoms with van der Waals surface area (Å²) >= 11 is 0. The number of hydrogen-bond acceptors (Lipinski definition) is 2. The van der Waals surface area contributed by atoms with Gasteiger partial charge < -0.3 is 0 Å². The summed E-state index contributed by atoms with van der Waals surface area (Å²) in [6, 6.07) is 8.21. The highest BCUT2D eigenvalue weighted by Gasteiger charge is 2.08. The number of halogens is 1. The molecule has 0 N–H and O–H groups in total. The fourth-order valence-electron chi connectivity index (χ4n) is 2.72. The van der Waals surface area contributed by atoms with Crippen molar-refractivity contribution in [2.45, 2.75) is 65.2 Å². The molecule has 0 bridgehead atoms. The Morgan fingerprint density at radius 1 is 0.870 bits per heavy atom. The van der Waals surface area contributed by atoms with Crippen LogP contribution in [0.1, 0.15) is 63.5 Å². The van der Waals surface area contributed by atoms with Crippen LogP contribution in [0.15, 0.2) is 30.5 Å². The van der Waals surface area contributed by atoms with Gasteiger partial charge in [-0.3, -0.25) is 0 Å². The van der Waals surface area contributed by atoms with Crippen molar-refractivity contribution in [2.75, 3.05) is 0 Å². The molecule has 2 aromatic rings. The monoisotopic (exact) mass is 314 g/mol. The second kappa shape index (κ2) is 9.39. The Hall–Kier alpha value is -1.77. The predicted octanol–water partition coefficient (Wildman–Crippen LogP) is 5.75. The maximum atomic E-state index is 13.9. The summed E-state index contributed by atoms with van der Waals surface area (Å²) in [7, 11) is 0. The van der Waals surface area contributed by atoms with Crippen molar-refractivity contribution in [1.82, 2.24) is 9.97 Å². The van der Waals surface area contributed by atoms with Crippen LogP contribution in [0, 0.1) is 5.95 Å². The summed E-state index contributed by atoms with van der Waals surface area (Å²) in [6.45, 7) is 4.26. The second-order valence-corrected chi connectivity index (χ2v) is 6.12. The molecule has 0 aliphatic carbocycles. The van der Waals surface area contributed by atoms with E-state index in [2.05, 4.69) is 29.0 Å². The van der Waals surface area contributed by atoms with E-state index >= 15 is 0 Å². The van der Waals surface area contributed by atoms with Crippen LogP contribution in [0.5, 0.6) is 0 Å². The van der Waals surface area contributed by atoms with E-state index in [9.17, 15) is 4.39 Å². The van der Waals surface area contributed by atoms with Gasteiger partial charge in [0.2, 0.25) is 5.95 Å². The number of aryl methyl sites for hydroxylation is 2. The van der Waals surface area contributed by atoms with E-state index < -0.39 is 5.95 Å². The quantitative estimate of drug-likeness (QED) is 0.435. The van der Waals surface area contributed by atoms with Gasteiger partial charge >= 0.3 is 0 Å². The lowest BCUT2D eigenvalue weighted by atomic mass is 10.0. The van der Waals surface area contributed by atoms with Gasteiger partial charge in [0.1, 0.15) is 0 Å². The number of hydrogen-bond donors (Lipinski definition) is 0. The molecule has 0 unspecified atom stereocenters. The van der Waals surface area contributed by atoms with Crippen molar-refractivity contribution >= 4 is 0 Å². The third-order valence-corrected chi connectivity index (χ3v) is 4.11. The first kappa shape index (κ1) is 17.6. The van der Waals surface area contributed by atoms with Gasteiger partial charge in [0.05, 0.1) is 0 Å². The van der Waals surface area contributed by atoms with E-state index in [0.717, 1.165) is 18.4 Å². The minimum absolute atomic E-state index is 0.392. The summed E-state index contributed by atoms with van der Waals surface area (Å²) in [5, 5.41) is 0. The standard InChI is InChI=1S/C20H27FN2/c1-3-5-6-7-8-10-16-11-13-17(14-12-16)20-22-15-18(9-4-2)19(21)23-20/h11-15H,3-10H2,1-2H3. The van der Waals surface area contributed by atoms with E-state index in [1.54, 1.807) is 6.20 Å². The predicted molar refractivity (Wildman–Crippen MR) is 93.9 cm³/mol. The molecule has 0 atom stereocenters. The van der Waals surface area contributed by atoms with Crippen molar-refractivity contribution in [2.24, 2.45) is 0 Å². The molecule has 0 spiro atoms. The normalized spacial score (nSPS) is 10.9. The minimum Gasteiger partial charge on any atom is -0.236 e. The molecule has 1 heterocycles. The van der Waals surface area contributed by atoms with Gasteiger partial charge in [-0.2, -0.15) is 9.37 Å². The van der Waals surface area contributed by atoms with Crippen molar-refractivity contribution in [3.05, 3.63) is 47.5 Å². The van der Waals surface area contributed by atoms with E-state index in [1.165, 1.54) is 37.7 Å². The summed E-state index contributed by atoms with van der Waals surface area (Å²) in [5.41, 5.74) is 2.80. The molecule has 2 nitrogen and oxygen atoms in total. The van der Waals surface area contributed by atoms with Crippen molar-refractivity contribution < 1.29 is 4.39 Å². The molecule has 1 aromatic heterocycles. The largest absolute Gasteiger partial charge is 0.236 e. The Kier molecular flexibility index (Phi) is 7.18. The summed E-state index contributed by atoms with van der Waals surface area (Å²) in [4.78, 5) is 8.31. The highest BCUT2D eigenvalue weighted by molar-refractivity contribution is 5.55. The van der Waals surface area contributed by atoms with Gasteiger partial charge in [-0.05, 0) is 24.8 Å². The first-order valence-corrected chi connectivity index (χ1v) is 8.85. The first-order valence-electron chi connectivity index (χ1n) is 8.85. The van der Waals surface area contributed by atoms with Crippen molar-refractivity contribution in [3.8, 4) is 11.4 Å². The van der Waals surface area contributed by atoms with E-state index in [-0.39, 0.29) is 0 Å². The molecule has 0 radical (unpaired) electrons. The van der Waals surface area contributed by atoms with Crippen LogP contribution in [0.4, 0.5) is 4.39 Å².